The van der Waals surface area contributed by atoms with Gasteiger partial charge in [-0.25, -0.2) is 0 Å². The first-order valence-electron chi connectivity index (χ1n) is 7.02. The van der Waals surface area contributed by atoms with Crippen molar-refractivity contribution in [2.45, 2.75) is 13.0 Å². The molecule has 1 aliphatic heterocycles. The quantitative estimate of drug-likeness (QED) is 0.876. The Morgan fingerprint density at radius 2 is 2.00 bits per heavy atom. The van der Waals surface area contributed by atoms with Crippen molar-refractivity contribution in [3.63, 3.8) is 0 Å². The molecule has 1 heterocycles. The minimum Gasteiger partial charge on any atom is -0.339 e. The molecule has 1 aromatic carbocycles. The van der Waals surface area contributed by atoms with Gasteiger partial charge in [0, 0.05) is 36.7 Å². The van der Waals surface area contributed by atoms with Gasteiger partial charge in [0.2, 0.25) is 5.91 Å². The predicted octanol–water partition coefficient (Wildman–Crippen LogP) is 2.30. The summed E-state index contributed by atoms with van der Waals surface area (Å²) in [5.41, 5.74) is 1.21. The van der Waals surface area contributed by atoms with Gasteiger partial charge in [0.05, 0.1) is 6.54 Å². The van der Waals surface area contributed by atoms with E-state index >= 15 is 0 Å². The number of carbonyl (C=O) groups excluding carboxylic acids is 1. The van der Waals surface area contributed by atoms with Crippen molar-refractivity contribution >= 4 is 34.2 Å². The molecular weight excluding hydrogens is 354 g/mol. The zero-order chi connectivity index (χ0) is 14.5. The second-order valence-electron chi connectivity index (χ2n) is 5.24. The van der Waals surface area contributed by atoms with Crippen LogP contribution in [0.2, 0.25) is 0 Å². The lowest BCUT2D eigenvalue weighted by Gasteiger charge is -2.31. The minimum absolute atomic E-state index is 0. The fourth-order valence-corrected chi connectivity index (χ4v) is 3.03. The number of likely N-dealkylation sites (N-methyl/N-ethyl adjacent to an activating group) is 1. The first kappa shape index (κ1) is 18.4. The largest absolute Gasteiger partial charge is 0.339 e. The molecule has 6 heteroatoms. The lowest BCUT2D eigenvalue weighted by Crippen LogP contribution is -2.49. The smallest absolute Gasteiger partial charge is 0.236 e. The highest BCUT2D eigenvalue weighted by Crippen LogP contribution is 2.26. The predicted molar refractivity (Wildman–Crippen MR) is 91.9 cm³/mol. The van der Waals surface area contributed by atoms with Crippen molar-refractivity contribution in [2.75, 3.05) is 39.8 Å². The summed E-state index contributed by atoms with van der Waals surface area (Å²) in [5.74, 6) is 0.216. The number of rotatable bonds is 4. The van der Waals surface area contributed by atoms with Gasteiger partial charge in [-0.05, 0) is 25.6 Å². The molecule has 118 valence electrons. The van der Waals surface area contributed by atoms with Gasteiger partial charge in [-0.1, -0.05) is 34.1 Å². The molecule has 0 saturated carbocycles. The SMILES string of the molecule is CC(c1ccccc1Br)N(C)CC(=O)N1CCNCC1.Cl. The Hall–Kier alpha value is -0.620. The number of benzene rings is 1. The van der Waals surface area contributed by atoms with E-state index in [1.165, 1.54) is 5.56 Å². The van der Waals surface area contributed by atoms with Gasteiger partial charge in [-0.15, -0.1) is 12.4 Å². The van der Waals surface area contributed by atoms with Crippen LogP contribution in [0.5, 0.6) is 0 Å². The van der Waals surface area contributed by atoms with Crippen LogP contribution in [0.3, 0.4) is 0 Å². The van der Waals surface area contributed by atoms with Crippen LogP contribution in [0.1, 0.15) is 18.5 Å². The molecule has 1 unspecified atom stereocenters. The molecule has 2 rings (SSSR count). The molecule has 0 spiro atoms. The van der Waals surface area contributed by atoms with E-state index in [0.717, 1.165) is 30.7 Å². The van der Waals surface area contributed by atoms with E-state index in [1.807, 2.05) is 30.1 Å². The summed E-state index contributed by atoms with van der Waals surface area (Å²) >= 11 is 3.58. The molecule has 1 atom stereocenters. The fraction of sp³-hybridized carbons (Fsp3) is 0.533. The van der Waals surface area contributed by atoms with Crippen molar-refractivity contribution in [3.05, 3.63) is 34.3 Å². The van der Waals surface area contributed by atoms with Crippen LogP contribution in [0.15, 0.2) is 28.7 Å². The first-order chi connectivity index (χ1) is 9.59. The zero-order valence-corrected chi connectivity index (χ0v) is 14.9. The first-order valence-corrected chi connectivity index (χ1v) is 7.82. The van der Waals surface area contributed by atoms with Crippen LogP contribution in [0.4, 0.5) is 0 Å². The van der Waals surface area contributed by atoms with Crippen molar-refractivity contribution in [1.82, 2.24) is 15.1 Å². The Bertz CT molecular complexity index is 466. The average Bonchev–Trinajstić information content (AvgIpc) is 2.48. The third-order valence-corrected chi connectivity index (χ3v) is 4.59. The molecule has 0 aliphatic carbocycles. The van der Waals surface area contributed by atoms with E-state index in [4.69, 9.17) is 0 Å². The minimum atomic E-state index is 0. The Labute approximate surface area is 141 Å². The van der Waals surface area contributed by atoms with Crippen LogP contribution < -0.4 is 5.32 Å². The molecule has 1 aromatic rings. The number of amides is 1. The van der Waals surface area contributed by atoms with E-state index in [9.17, 15) is 4.79 Å². The van der Waals surface area contributed by atoms with Crippen LogP contribution >= 0.6 is 28.3 Å². The average molecular weight is 377 g/mol. The number of nitrogens with zero attached hydrogens (tertiary/aromatic N) is 2. The number of carbonyl (C=O) groups is 1. The monoisotopic (exact) mass is 375 g/mol. The maximum atomic E-state index is 12.3. The van der Waals surface area contributed by atoms with E-state index in [-0.39, 0.29) is 24.4 Å². The normalized spacial score (nSPS) is 16.5. The molecular formula is C15H23BrClN3O. The topological polar surface area (TPSA) is 35.6 Å². The van der Waals surface area contributed by atoms with Crippen molar-refractivity contribution in [3.8, 4) is 0 Å². The number of hydrogen-bond acceptors (Lipinski definition) is 3. The zero-order valence-electron chi connectivity index (χ0n) is 12.5. The number of hydrogen-bond donors (Lipinski definition) is 1. The maximum Gasteiger partial charge on any atom is 0.236 e. The summed E-state index contributed by atoms with van der Waals surface area (Å²) in [6, 6.07) is 8.38. The van der Waals surface area contributed by atoms with Crippen molar-refractivity contribution in [2.24, 2.45) is 0 Å². The molecule has 0 bridgehead atoms. The van der Waals surface area contributed by atoms with E-state index in [1.54, 1.807) is 0 Å². The summed E-state index contributed by atoms with van der Waals surface area (Å²) in [6.45, 7) is 6.02. The van der Waals surface area contributed by atoms with Gasteiger partial charge in [0.25, 0.3) is 0 Å². The van der Waals surface area contributed by atoms with Gasteiger partial charge in [-0.2, -0.15) is 0 Å². The van der Waals surface area contributed by atoms with Gasteiger partial charge in [-0.3, -0.25) is 9.69 Å². The summed E-state index contributed by atoms with van der Waals surface area (Å²) in [7, 11) is 2.00. The standard InChI is InChI=1S/C15H22BrN3O.ClH/c1-12(13-5-3-4-6-14(13)16)18(2)11-15(20)19-9-7-17-8-10-19;/h3-6,12,17H,7-11H2,1-2H3;1H. The molecule has 1 aliphatic rings. The molecule has 1 saturated heterocycles. The number of piperazine rings is 1. The second kappa shape index (κ2) is 8.73. The highest BCUT2D eigenvalue weighted by atomic mass is 79.9. The Balaban J connectivity index is 0.00000220. The van der Waals surface area contributed by atoms with Gasteiger partial charge in [0.1, 0.15) is 0 Å². The molecule has 1 fully saturated rings. The Kier molecular flexibility index (Phi) is 7.66. The maximum absolute atomic E-state index is 12.3. The molecule has 1 amide bonds. The van der Waals surface area contributed by atoms with Gasteiger partial charge < -0.3 is 10.2 Å². The molecule has 0 aromatic heterocycles. The van der Waals surface area contributed by atoms with Gasteiger partial charge >= 0.3 is 0 Å². The number of halogens is 2. The van der Waals surface area contributed by atoms with Crippen LogP contribution in [-0.4, -0.2) is 55.5 Å². The van der Waals surface area contributed by atoms with Crippen molar-refractivity contribution in [1.29, 1.82) is 0 Å². The lowest BCUT2D eigenvalue weighted by atomic mass is 10.1. The highest BCUT2D eigenvalue weighted by Gasteiger charge is 2.21. The van der Waals surface area contributed by atoms with E-state index < -0.39 is 0 Å². The van der Waals surface area contributed by atoms with Crippen molar-refractivity contribution < 1.29 is 4.79 Å². The van der Waals surface area contributed by atoms with E-state index in [2.05, 4.69) is 39.1 Å². The third-order valence-electron chi connectivity index (χ3n) is 3.87. The highest BCUT2D eigenvalue weighted by molar-refractivity contribution is 9.10. The molecule has 0 radical (unpaired) electrons. The summed E-state index contributed by atoms with van der Waals surface area (Å²) < 4.78 is 1.09. The molecule has 1 N–H and O–H groups in total. The van der Waals surface area contributed by atoms with Crippen LogP contribution in [-0.2, 0) is 4.79 Å². The van der Waals surface area contributed by atoms with Crippen LogP contribution in [0.25, 0.3) is 0 Å². The van der Waals surface area contributed by atoms with Gasteiger partial charge in [0.15, 0.2) is 0 Å². The molecule has 4 nitrogen and oxygen atoms in total. The summed E-state index contributed by atoms with van der Waals surface area (Å²) in [4.78, 5) is 16.3. The van der Waals surface area contributed by atoms with Crippen LogP contribution in [0, 0.1) is 0 Å². The Morgan fingerprint density at radius 1 is 1.38 bits per heavy atom. The summed E-state index contributed by atoms with van der Waals surface area (Å²) in [5, 5.41) is 3.27. The third kappa shape index (κ3) is 4.95. The second-order valence-corrected chi connectivity index (χ2v) is 6.10. The Morgan fingerprint density at radius 3 is 2.62 bits per heavy atom. The number of nitrogens with one attached hydrogen (secondary N) is 1. The lowest BCUT2D eigenvalue weighted by molar-refractivity contribution is -0.133. The fourth-order valence-electron chi connectivity index (χ4n) is 2.42. The van der Waals surface area contributed by atoms with E-state index in [0.29, 0.717) is 6.54 Å². The molecule has 21 heavy (non-hydrogen) atoms. The summed E-state index contributed by atoms with van der Waals surface area (Å²) in [6.07, 6.45) is 0.